The number of thiazole rings is 1. The molecule has 1 saturated heterocycles. The molecule has 0 aromatic carbocycles. The molecule has 1 aliphatic rings. The van der Waals surface area contributed by atoms with E-state index in [4.69, 9.17) is 9.84 Å². The number of aliphatic hydroxyl groups excluding tert-OH is 1. The van der Waals surface area contributed by atoms with E-state index in [0.717, 1.165) is 32.5 Å². The van der Waals surface area contributed by atoms with E-state index in [0.29, 0.717) is 12.7 Å². The Balaban J connectivity index is 1.72. The van der Waals surface area contributed by atoms with E-state index in [2.05, 4.69) is 32.5 Å². The first-order valence-corrected chi connectivity index (χ1v) is 7.72. The molecular formula is C11H17IN2O2S. The minimum Gasteiger partial charge on any atom is -0.394 e. The molecular weight excluding hydrogens is 351 g/mol. The Morgan fingerprint density at radius 3 is 2.88 bits per heavy atom. The highest BCUT2D eigenvalue weighted by molar-refractivity contribution is 14.1. The lowest BCUT2D eigenvalue weighted by atomic mass is 10.1. The van der Waals surface area contributed by atoms with Gasteiger partial charge in [0.1, 0.15) is 5.01 Å². The quantitative estimate of drug-likeness (QED) is 0.805. The Labute approximate surface area is 119 Å². The topological polar surface area (TPSA) is 45.6 Å². The zero-order valence-corrected chi connectivity index (χ0v) is 12.6. The van der Waals surface area contributed by atoms with Crippen LogP contribution in [0, 0.1) is 2.88 Å². The van der Waals surface area contributed by atoms with Gasteiger partial charge < -0.3 is 9.84 Å². The first-order chi connectivity index (χ1) is 8.28. The maximum absolute atomic E-state index is 8.70. The molecule has 0 unspecified atom stereocenters. The Hall–Kier alpha value is 0.240. The van der Waals surface area contributed by atoms with Crippen LogP contribution < -0.4 is 0 Å². The van der Waals surface area contributed by atoms with Crippen molar-refractivity contribution in [1.29, 1.82) is 0 Å². The van der Waals surface area contributed by atoms with Gasteiger partial charge >= 0.3 is 0 Å². The molecule has 0 amide bonds. The third kappa shape index (κ3) is 4.44. The molecule has 17 heavy (non-hydrogen) atoms. The normalized spacial score (nSPS) is 18.7. The molecule has 0 saturated carbocycles. The van der Waals surface area contributed by atoms with Gasteiger partial charge in [0.2, 0.25) is 0 Å². The van der Waals surface area contributed by atoms with Crippen molar-refractivity contribution in [2.24, 2.45) is 0 Å². The Morgan fingerprint density at radius 2 is 2.29 bits per heavy atom. The number of nitrogens with zero attached hydrogens (tertiary/aromatic N) is 2. The number of rotatable bonds is 5. The van der Waals surface area contributed by atoms with Gasteiger partial charge in [-0.25, -0.2) is 4.98 Å². The van der Waals surface area contributed by atoms with Crippen LogP contribution in [0.5, 0.6) is 0 Å². The monoisotopic (exact) mass is 368 g/mol. The van der Waals surface area contributed by atoms with Crippen LogP contribution in [0.1, 0.15) is 17.8 Å². The summed E-state index contributed by atoms with van der Waals surface area (Å²) in [7, 11) is 0. The Morgan fingerprint density at radius 1 is 1.53 bits per heavy atom. The van der Waals surface area contributed by atoms with Gasteiger partial charge in [-0.3, -0.25) is 4.90 Å². The van der Waals surface area contributed by atoms with Crippen LogP contribution in [0.25, 0.3) is 0 Å². The summed E-state index contributed by atoms with van der Waals surface area (Å²) in [6.07, 6.45) is 4.37. The number of likely N-dealkylation sites (tertiary alicyclic amines) is 1. The molecule has 0 atom stereocenters. The summed E-state index contributed by atoms with van der Waals surface area (Å²) in [5.41, 5.74) is 0. The van der Waals surface area contributed by atoms with E-state index in [1.165, 1.54) is 7.89 Å². The third-order valence-electron chi connectivity index (χ3n) is 2.86. The van der Waals surface area contributed by atoms with Gasteiger partial charge in [0.15, 0.2) is 0 Å². The van der Waals surface area contributed by atoms with Crippen LogP contribution in [-0.2, 0) is 11.3 Å². The van der Waals surface area contributed by atoms with E-state index >= 15 is 0 Å². The molecule has 0 aliphatic carbocycles. The average Bonchev–Trinajstić information content (AvgIpc) is 2.74. The van der Waals surface area contributed by atoms with Crippen LogP contribution >= 0.6 is 33.9 Å². The van der Waals surface area contributed by atoms with Crippen molar-refractivity contribution in [3.05, 3.63) is 14.1 Å². The lowest BCUT2D eigenvalue weighted by Gasteiger charge is -2.31. The van der Waals surface area contributed by atoms with Gasteiger partial charge in [0.25, 0.3) is 0 Å². The summed E-state index contributed by atoms with van der Waals surface area (Å²) in [4.78, 5) is 6.81. The molecule has 0 bridgehead atoms. The molecule has 1 N–H and O–H groups in total. The first kappa shape index (κ1) is 13.7. The van der Waals surface area contributed by atoms with Crippen LogP contribution in [0.4, 0.5) is 0 Å². The molecule has 0 spiro atoms. The molecule has 2 heterocycles. The second kappa shape index (κ2) is 6.98. The summed E-state index contributed by atoms with van der Waals surface area (Å²) in [6, 6.07) is 0. The number of aliphatic hydroxyl groups is 1. The number of halogens is 1. The van der Waals surface area contributed by atoms with Crippen molar-refractivity contribution in [1.82, 2.24) is 9.88 Å². The third-order valence-corrected chi connectivity index (χ3v) is 4.57. The van der Waals surface area contributed by atoms with Crippen molar-refractivity contribution in [3.63, 3.8) is 0 Å². The van der Waals surface area contributed by atoms with Gasteiger partial charge in [0, 0.05) is 13.1 Å². The SMILES string of the molecule is OCCOC1CCN(Cc2ncc(I)s2)CC1. The van der Waals surface area contributed by atoms with Crippen LogP contribution in [0.15, 0.2) is 6.20 Å². The Bertz CT molecular complexity index is 340. The molecule has 2 rings (SSSR count). The van der Waals surface area contributed by atoms with Crippen LogP contribution in [0.3, 0.4) is 0 Å². The molecule has 96 valence electrons. The summed E-state index contributed by atoms with van der Waals surface area (Å²) in [6.45, 7) is 3.67. The van der Waals surface area contributed by atoms with Crippen molar-refractivity contribution in [2.75, 3.05) is 26.3 Å². The summed E-state index contributed by atoms with van der Waals surface area (Å²) < 4.78 is 6.79. The smallest absolute Gasteiger partial charge is 0.108 e. The van der Waals surface area contributed by atoms with Gasteiger partial charge in [-0.15, -0.1) is 11.3 Å². The summed E-state index contributed by atoms with van der Waals surface area (Å²) in [5, 5.41) is 9.90. The molecule has 1 aliphatic heterocycles. The van der Waals surface area contributed by atoms with Crippen LogP contribution in [0.2, 0.25) is 0 Å². The average molecular weight is 368 g/mol. The van der Waals surface area contributed by atoms with Gasteiger partial charge in [-0.1, -0.05) is 0 Å². The number of hydrogen-bond donors (Lipinski definition) is 1. The highest BCUT2D eigenvalue weighted by atomic mass is 127. The Kier molecular flexibility index (Phi) is 5.61. The van der Waals surface area contributed by atoms with E-state index in [9.17, 15) is 0 Å². The minimum absolute atomic E-state index is 0.123. The lowest BCUT2D eigenvalue weighted by molar-refractivity contribution is -0.00902. The van der Waals surface area contributed by atoms with E-state index in [1.54, 1.807) is 11.3 Å². The zero-order valence-electron chi connectivity index (χ0n) is 9.64. The minimum atomic E-state index is 0.123. The largest absolute Gasteiger partial charge is 0.394 e. The first-order valence-electron chi connectivity index (χ1n) is 5.83. The second-order valence-corrected chi connectivity index (χ2v) is 7.14. The fourth-order valence-electron chi connectivity index (χ4n) is 2.01. The molecule has 6 heteroatoms. The fraction of sp³-hybridized carbons (Fsp3) is 0.727. The molecule has 0 radical (unpaired) electrons. The van der Waals surface area contributed by atoms with Gasteiger partial charge in [-0.2, -0.15) is 0 Å². The van der Waals surface area contributed by atoms with Crippen molar-refractivity contribution < 1.29 is 9.84 Å². The predicted octanol–water partition coefficient (Wildman–Crippen LogP) is 1.72. The van der Waals surface area contributed by atoms with E-state index in [-0.39, 0.29) is 6.61 Å². The maximum atomic E-state index is 8.70. The fourth-order valence-corrected chi connectivity index (χ4v) is 3.59. The molecule has 1 aromatic heterocycles. The lowest BCUT2D eigenvalue weighted by Crippen LogP contribution is -2.36. The molecule has 4 nitrogen and oxygen atoms in total. The van der Waals surface area contributed by atoms with Crippen molar-refractivity contribution >= 4 is 33.9 Å². The van der Waals surface area contributed by atoms with Crippen molar-refractivity contribution in [3.8, 4) is 0 Å². The number of aromatic nitrogens is 1. The maximum Gasteiger partial charge on any atom is 0.108 e. The van der Waals surface area contributed by atoms with E-state index < -0.39 is 0 Å². The summed E-state index contributed by atoms with van der Waals surface area (Å²) >= 11 is 4.07. The molecule has 1 aromatic rings. The number of ether oxygens (including phenoxy) is 1. The second-order valence-electron chi connectivity index (χ2n) is 4.13. The van der Waals surface area contributed by atoms with Crippen LogP contribution in [-0.4, -0.2) is 47.4 Å². The predicted molar refractivity (Wildman–Crippen MR) is 76.2 cm³/mol. The van der Waals surface area contributed by atoms with Gasteiger partial charge in [0.05, 0.1) is 34.9 Å². The van der Waals surface area contributed by atoms with Crippen molar-refractivity contribution in [2.45, 2.75) is 25.5 Å². The summed E-state index contributed by atoms with van der Waals surface area (Å²) in [5.74, 6) is 0. The standard InChI is InChI=1S/C11H17IN2O2S/c12-10-7-13-11(17-10)8-14-3-1-9(2-4-14)16-6-5-15/h7,9,15H,1-6,8H2. The van der Waals surface area contributed by atoms with Gasteiger partial charge in [-0.05, 0) is 35.4 Å². The highest BCUT2D eigenvalue weighted by Gasteiger charge is 2.20. The van der Waals surface area contributed by atoms with E-state index in [1.807, 2.05) is 6.20 Å². The molecule has 1 fully saturated rings. The number of piperidine rings is 1. The highest BCUT2D eigenvalue weighted by Crippen LogP contribution is 2.20. The zero-order chi connectivity index (χ0) is 12.1. The number of hydrogen-bond acceptors (Lipinski definition) is 5.